The van der Waals surface area contributed by atoms with Gasteiger partial charge in [0.2, 0.25) is 5.78 Å². The molecular weight excluding hydrogens is 178 g/mol. The van der Waals surface area contributed by atoms with E-state index in [1.165, 1.54) is 0 Å². The predicted molar refractivity (Wildman–Crippen MR) is 55.0 cm³/mol. The van der Waals surface area contributed by atoms with E-state index >= 15 is 0 Å². The van der Waals surface area contributed by atoms with Gasteiger partial charge in [-0.25, -0.2) is 0 Å². The average molecular weight is 191 g/mol. The van der Waals surface area contributed by atoms with Crippen LogP contribution in [-0.2, 0) is 6.42 Å². The van der Waals surface area contributed by atoms with Gasteiger partial charge in [-0.15, -0.1) is 0 Å². The van der Waals surface area contributed by atoms with Gasteiger partial charge in [0.25, 0.3) is 0 Å². The highest BCUT2D eigenvalue weighted by atomic mass is 16.4. The van der Waals surface area contributed by atoms with Gasteiger partial charge in [-0.1, -0.05) is 43.3 Å². The van der Waals surface area contributed by atoms with E-state index in [1.807, 2.05) is 26.0 Å². The Hall–Kier alpha value is -1.64. The third kappa shape index (κ3) is 1.66. The number of fused-ring (bicyclic) bond motifs is 1. The molecular formula is C11H13NO2. The molecule has 1 aromatic carbocycles. The second kappa shape index (κ2) is 4.56. The number of oxime groups is 1. The van der Waals surface area contributed by atoms with Crippen molar-refractivity contribution in [2.75, 3.05) is 0 Å². The van der Waals surface area contributed by atoms with Crippen LogP contribution >= 0.6 is 0 Å². The summed E-state index contributed by atoms with van der Waals surface area (Å²) < 4.78 is 0. The maximum atomic E-state index is 11.3. The topological polar surface area (TPSA) is 49.7 Å². The van der Waals surface area contributed by atoms with Crippen LogP contribution in [0.25, 0.3) is 0 Å². The minimum Gasteiger partial charge on any atom is -0.411 e. The van der Waals surface area contributed by atoms with Gasteiger partial charge in [0.15, 0.2) is 0 Å². The van der Waals surface area contributed by atoms with E-state index in [0.717, 1.165) is 5.56 Å². The summed E-state index contributed by atoms with van der Waals surface area (Å²) in [6.07, 6.45) is 0.450. The zero-order valence-electron chi connectivity index (χ0n) is 8.32. The highest BCUT2D eigenvalue weighted by molar-refractivity contribution is 6.49. The smallest absolute Gasteiger partial charge is 0.211 e. The zero-order chi connectivity index (χ0) is 10.6. The Morgan fingerprint density at radius 3 is 2.50 bits per heavy atom. The van der Waals surface area contributed by atoms with Gasteiger partial charge in [-0.2, -0.15) is 0 Å². The molecule has 0 atom stereocenters. The molecule has 0 spiro atoms. The summed E-state index contributed by atoms with van der Waals surface area (Å²) in [5.74, 6) is -0.159. The van der Waals surface area contributed by atoms with Crippen LogP contribution in [0.15, 0.2) is 29.4 Å². The second-order valence-corrected chi connectivity index (χ2v) is 2.71. The number of benzene rings is 1. The van der Waals surface area contributed by atoms with Gasteiger partial charge in [0.05, 0.1) is 0 Å². The van der Waals surface area contributed by atoms with Crippen LogP contribution in [0, 0.1) is 0 Å². The summed E-state index contributed by atoms with van der Waals surface area (Å²) in [7, 11) is 0. The molecule has 0 unspecified atom stereocenters. The van der Waals surface area contributed by atoms with E-state index in [0.29, 0.717) is 12.0 Å². The molecule has 0 aliphatic heterocycles. The lowest BCUT2D eigenvalue weighted by Crippen LogP contribution is -2.06. The fourth-order valence-electron chi connectivity index (χ4n) is 1.39. The first-order chi connectivity index (χ1) is 6.83. The summed E-state index contributed by atoms with van der Waals surface area (Å²) in [6.45, 7) is 4.00. The van der Waals surface area contributed by atoms with E-state index in [9.17, 15) is 4.79 Å². The average Bonchev–Trinajstić information content (AvgIpc) is 2.59. The molecule has 0 saturated carbocycles. The lowest BCUT2D eigenvalue weighted by atomic mass is 10.1. The molecule has 14 heavy (non-hydrogen) atoms. The minimum atomic E-state index is -0.159. The van der Waals surface area contributed by atoms with Crippen molar-refractivity contribution in [1.82, 2.24) is 0 Å². The number of hydrogen-bond acceptors (Lipinski definition) is 3. The first-order valence-electron chi connectivity index (χ1n) is 4.66. The Kier molecular flexibility index (Phi) is 3.40. The molecule has 1 aliphatic carbocycles. The molecule has 3 nitrogen and oxygen atoms in total. The van der Waals surface area contributed by atoms with Gasteiger partial charge in [-0.3, -0.25) is 4.79 Å². The Morgan fingerprint density at radius 2 is 1.93 bits per heavy atom. The molecule has 0 amide bonds. The minimum absolute atomic E-state index is 0.159. The molecule has 74 valence electrons. The van der Waals surface area contributed by atoms with E-state index in [2.05, 4.69) is 5.16 Å². The molecule has 1 aliphatic rings. The summed E-state index contributed by atoms with van der Waals surface area (Å²) >= 11 is 0. The van der Waals surface area contributed by atoms with Crippen LogP contribution < -0.4 is 0 Å². The Bertz CT molecular complexity index is 369. The van der Waals surface area contributed by atoms with Gasteiger partial charge in [-0.05, 0) is 5.56 Å². The summed E-state index contributed by atoms with van der Waals surface area (Å²) in [4.78, 5) is 11.3. The Balaban J connectivity index is 0.000000461. The van der Waals surface area contributed by atoms with Crippen molar-refractivity contribution >= 4 is 11.5 Å². The number of Topliss-reactive ketones (excluding diaryl/α,β-unsaturated/α-hetero) is 1. The van der Waals surface area contributed by atoms with Crippen molar-refractivity contribution in [1.29, 1.82) is 0 Å². The molecule has 0 radical (unpaired) electrons. The Labute approximate surface area is 83.1 Å². The molecule has 3 heteroatoms. The predicted octanol–water partition coefficient (Wildman–Crippen LogP) is 2.28. The second-order valence-electron chi connectivity index (χ2n) is 2.71. The summed E-state index contributed by atoms with van der Waals surface area (Å²) in [5.41, 5.74) is 1.83. The standard InChI is InChI=1S/C9H7NO2.C2H6/c11-9-7-4-2-1-3-6(7)5-8(9)10-12;1-2/h1-4,12H,5H2;1-2H3. The van der Waals surface area contributed by atoms with Crippen LogP contribution in [0.3, 0.4) is 0 Å². The van der Waals surface area contributed by atoms with Crippen molar-refractivity contribution in [3.8, 4) is 0 Å². The largest absolute Gasteiger partial charge is 0.411 e. The fourth-order valence-corrected chi connectivity index (χ4v) is 1.39. The quantitative estimate of drug-likeness (QED) is 0.505. The van der Waals surface area contributed by atoms with Crippen molar-refractivity contribution in [2.45, 2.75) is 20.3 Å². The third-order valence-electron chi connectivity index (χ3n) is 2.00. The van der Waals surface area contributed by atoms with Crippen LogP contribution in [0.4, 0.5) is 0 Å². The van der Waals surface area contributed by atoms with Crippen molar-refractivity contribution in [3.05, 3.63) is 35.4 Å². The van der Waals surface area contributed by atoms with E-state index in [-0.39, 0.29) is 11.5 Å². The van der Waals surface area contributed by atoms with Crippen molar-refractivity contribution in [2.24, 2.45) is 5.16 Å². The lowest BCUT2D eigenvalue weighted by molar-refractivity contribution is 0.106. The monoisotopic (exact) mass is 191 g/mol. The number of hydrogen-bond donors (Lipinski definition) is 1. The maximum absolute atomic E-state index is 11.3. The third-order valence-corrected chi connectivity index (χ3v) is 2.00. The molecule has 0 fully saturated rings. The molecule has 2 rings (SSSR count). The molecule has 0 bridgehead atoms. The number of ketones is 1. The first kappa shape index (κ1) is 10.4. The summed E-state index contributed by atoms with van der Waals surface area (Å²) in [5, 5.41) is 11.4. The van der Waals surface area contributed by atoms with Gasteiger partial charge >= 0.3 is 0 Å². The first-order valence-corrected chi connectivity index (χ1v) is 4.66. The zero-order valence-corrected chi connectivity index (χ0v) is 8.32. The number of carbonyl (C=O) groups excluding carboxylic acids is 1. The number of carbonyl (C=O) groups is 1. The van der Waals surface area contributed by atoms with Crippen molar-refractivity contribution < 1.29 is 10.0 Å². The number of nitrogens with zero attached hydrogens (tertiary/aromatic N) is 1. The van der Waals surface area contributed by atoms with Crippen molar-refractivity contribution in [3.63, 3.8) is 0 Å². The van der Waals surface area contributed by atoms with E-state index < -0.39 is 0 Å². The summed E-state index contributed by atoms with van der Waals surface area (Å²) in [6, 6.07) is 7.28. The van der Waals surface area contributed by atoms with Gasteiger partial charge in [0, 0.05) is 12.0 Å². The molecule has 1 aromatic rings. The van der Waals surface area contributed by atoms with Crippen LogP contribution in [0.1, 0.15) is 29.8 Å². The van der Waals surface area contributed by atoms with Gasteiger partial charge in [0.1, 0.15) is 5.71 Å². The molecule has 1 N–H and O–H groups in total. The van der Waals surface area contributed by atoms with Crippen LogP contribution in [0.5, 0.6) is 0 Å². The SMILES string of the molecule is CC.O=C1C(=NO)Cc2ccccc21. The van der Waals surface area contributed by atoms with Crippen LogP contribution in [-0.4, -0.2) is 16.7 Å². The molecule has 0 aromatic heterocycles. The highest BCUT2D eigenvalue weighted by Gasteiger charge is 2.25. The highest BCUT2D eigenvalue weighted by Crippen LogP contribution is 2.19. The van der Waals surface area contributed by atoms with Crippen LogP contribution in [0.2, 0.25) is 0 Å². The fraction of sp³-hybridized carbons (Fsp3) is 0.273. The number of rotatable bonds is 0. The molecule has 0 heterocycles. The van der Waals surface area contributed by atoms with E-state index in [1.54, 1.807) is 12.1 Å². The van der Waals surface area contributed by atoms with Gasteiger partial charge < -0.3 is 5.21 Å². The maximum Gasteiger partial charge on any atom is 0.211 e. The normalized spacial score (nSPS) is 16.1. The van der Waals surface area contributed by atoms with E-state index in [4.69, 9.17) is 5.21 Å². The lowest BCUT2D eigenvalue weighted by Gasteiger charge is -1.91. The molecule has 0 saturated heterocycles. The Morgan fingerprint density at radius 1 is 1.29 bits per heavy atom.